The van der Waals surface area contributed by atoms with Gasteiger partial charge in [0, 0.05) is 6.26 Å². The van der Waals surface area contributed by atoms with Crippen LogP contribution in [0.2, 0.25) is 0 Å². The Morgan fingerprint density at radius 1 is 1.04 bits per heavy atom. The van der Waals surface area contributed by atoms with Gasteiger partial charge >= 0.3 is 0 Å². The zero-order valence-electron chi connectivity index (χ0n) is 17.2. The maximum atomic E-state index is 12.8. The smallest absolute Gasteiger partial charge is 0.261 e. The van der Waals surface area contributed by atoms with Crippen molar-refractivity contribution in [1.82, 2.24) is 5.32 Å². The van der Waals surface area contributed by atoms with Crippen LogP contribution >= 0.6 is 0 Å². The van der Waals surface area contributed by atoms with Gasteiger partial charge in [-0.15, -0.1) is 0 Å². The lowest BCUT2D eigenvalue weighted by atomic mass is 10.0. The van der Waals surface area contributed by atoms with E-state index >= 15 is 0 Å². The Morgan fingerprint density at radius 2 is 1.68 bits per heavy atom. The Labute approximate surface area is 168 Å². The summed E-state index contributed by atoms with van der Waals surface area (Å²) in [5.41, 5.74) is 2.93. The fourth-order valence-electron chi connectivity index (χ4n) is 2.94. The third-order valence-corrected chi connectivity index (χ3v) is 5.84. The first kappa shape index (κ1) is 22.0. The van der Waals surface area contributed by atoms with Gasteiger partial charge in [0.1, 0.15) is 5.75 Å². The molecule has 0 fully saturated rings. The van der Waals surface area contributed by atoms with E-state index in [-0.39, 0.29) is 16.8 Å². The number of amides is 1. The van der Waals surface area contributed by atoms with Crippen LogP contribution in [-0.2, 0) is 14.6 Å². The van der Waals surface area contributed by atoms with E-state index in [1.807, 2.05) is 45.9 Å². The Morgan fingerprint density at radius 3 is 2.21 bits per heavy atom. The van der Waals surface area contributed by atoms with Gasteiger partial charge in [0.05, 0.1) is 10.9 Å². The Bertz CT molecular complexity index is 920. The average molecular weight is 404 g/mol. The predicted molar refractivity (Wildman–Crippen MR) is 111 cm³/mol. The van der Waals surface area contributed by atoms with E-state index in [9.17, 15) is 13.2 Å². The molecular weight excluding hydrogens is 374 g/mol. The van der Waals surface area contributed by atoms with Crippen molar-refractivity contribution in [3.8, 4) is 5.75 Å². The number of ether oxygens (including phenoxy) is 1. The summed E-state index contributed by atoms with van der Waals surface area (Å²) in [6.07, 6.45) is 1.81. The molecule has 0 heterocycles. The van der Waals surface area contributed by atoms with E-state index in [0.29, 0.717) is 18.6 Å². The van der Waals surface area contributed by atoms with E-state index in [0.717, 1.165) is 16.7 Å². The van der Waals surface area contributed by atoms with Crippen LogP contribution in [0.1, 0.15) is 49.4 Å². The molecule has 0 aliphatic heterocycles. The van der Waals surface area contributed by atoms with E-state index in [4.69, 9.17) is 4.74 Å². The highest BCUT2D eigenvalue weighted by Gasteiger charge is 2.23. The van der Waals surface area contributed by atoms with Crippen molar-refractivity contribution in [2.24, 2.45) is 0 Å². The van der Waals surface area contributed by atoms with Crippen LogP contribution in [0.25, 0.3) is 0 Å². The highest BCUT2D eigenvalue weighted by atomic mass is 32.2. The SMILES string of the molecule is CC[C@@H](Oc1cc(C)ccc1C)C(=O)N[C@H](CC)c1ccc(S(C)(=O)=O)cc1. The van der Waals surface area contributed by atoms with Crippen molar-refractivity contribution >= 4 is 15.7 Å². The zero-order chi connectivity index (χ0) is 20.9. The van der Waals surface area contributed by atoms with Gasteiger partial charge in [0.15, 0.2) is 15.9 Å². The van der Waals surface area contributed by atoms with Crippen molar-refractivity contribution in [3.05, 3.63) is 59.2 Å². The summed E-state index contributed by atoms with van der Waals surface area (Å²) in [5, 5.41) is 3.03. The summed E-state index contributed by atoms with van der Waals surface area (Å²) < 4.78 is 29.2. The van der Waals surface area contributed by atoms with Crippen LogP contribution in [-0.4, -0.2) is 26.7 Å². The largest absolute Gasteiger partial charge is 0.480 e. The number of carbonyl (C=O) groups excluding carboxylic acids is 1. The third-order valence-electron chi connectivity index (χ3n) is 4.71. The van der Waals surface area contributed by atoms with E-state index < -0.39 is 15.9 Å². The number of hydrogen-bond acceptors (Lipinski definition) is 4. The van der Waals surface area contributed by atoms with Gasteiger partial charge in [-0.3, -0.25) is 4.79 Å². The van der Waals surface area contributed by atoms with E-state index in [1.54, 1.807) is 24.3 Å². The quantitative estimate of drug-likeness (QED) is 0.719. The predicted octanol–water partition coefficient (Wildman–Crippen LogP) is 4.13. The van der Waals surface area contributed by atoms with Crippen LogP contribution in [0.15, 0.2) is 47.4 Å². The first-order chi connectivity index (χ1) is 13.2. The van der Waals surface area contributed by atoms with Crippen LogP contribution < -0.4 is 10.1 Å². The molecule has 0 aromatic heterocycles. The Balaban J connectivity index is 2.14. The summed E-state index contributed by atoms with van der Waals surface area (Å²) in [7, 11) is -3.24. The number of carbonyl (C=O) groups is 1. The lowest BCUT2D eigenvalue weighted by molar-refractivity contribution is -0.129. The topological polar surface area (TPSA) is 72.5 Å². The average Bonchev–Trinajstić information content (AvgIpc) is 2.66. The van der Waals surface area contributed by atoms with Crippen molar-refractivity contribution in [1.29, 1.82) is 0 Å². The highest BCUT2D eigenvalue weighted by Crippen LogP contribution is 2.23. The summed E-state index contributed by atoms with van der Waals surface area (Å²) >= 11 is 0. The van der Waals surface area contributed by atoms with Gasteiger partial charge in [-0.05, 0) is 61.6 Å². The zero-order valence-corrected chi connectivity index (χ0v) is 18.0. The van der Waals surface area contributed by atoms with Gasteiger partial charge in [-0.2, -0.15) is 0 Å². The second kappa shape index (κ2) is 9.24. The van der Waals surface area contributed by atoms with Gasteiger partial charge < -0.3 is 10.1 Å². The molecule has 1 amide bonds. The molecule has 5 nitrogen and oxygen atoms in total. The van der Waals surface area contributed by atoms with Gasteiger partial charge in [0.2, 0.25) is 0 Å². The molecule has 2 atom stereocenters. The highest BCUT2D eigenvalue weighted by molar-refractivity contribution is 7.90. The maximum Gasteiger partial charge on any atom is 0.261 e. The van der Waals surface area contributed by atoms with Gasteiger partial charge in [-0.25, -0.2) is 8.42 Å². The molecule has 28 heavy (non-hydrogen) atoms. The molecule has 0 aliphatic rings. The lowest BCUT2D eigenvalue weighted by Gasteiger charge is -2.23. The van der Waals surface area contributed by atoms with Crippen molar-refractivity contribution in [2.75, 3.05) is 6.26 Å². The summed E-state index contributed by atoms with van der Waals surface area (Å²) in [6, 6.07) is 12.4. The fraction of sp³-hybridized carbons (Fsp3) is 0.409. The summed E-state index contributed by atoms with van der Waals surface area (Å²) in [4.78, 5) is 13.1. The minimum absolute atomic E-state index is 0.178. The first-order valence-electron chi connectivity index (χ1n) is 9.50. The molecule has 0 bridgehead atoms. The number of aryl methyl sites for hydroxylation is 2. The second-order valence-corrected chi connectivity index (χ2v) is 9.11. The molecule has 2 rings (SSSR count). The molecule has 0 unspecified atom stereocenters. The minimum atomic E-state index is -3.24. The molecule has 152 valence electrons. The second-order valence-electron chi connectivity index (χ2n) is 7.09. The molecule has 2 aromatic carbocycles. The normalized spacial score (nSPS) is 13.6. The van der Waals surface area contributed by atoms with Crippen LogP contribution in [0.4, 0.5) is 0 Å². The fourth-order valence-corrected chi connectivity index (χ4v) is 3.57. The molecule has 0 saturated heterocycles. The molecule has 0 radical (unpaired) electrons. The molecule has 6 heteroatoms. The number of hydrogen-bond donors (Lipinski definition) is 1. The standard InChI is InChI=1S/C22H29NO4S/c1-6-19(17-10-12-18(13-11-17)28(5,25)26)23-22(24)20(7-2)27-21-14-15(3)8-9-16(21)4/h8-14,19-20H,6-7H2,1-5H3,(H,23,24)/t19-,20-/m1/s1. The molecule has 1 N–H and O–H groups in total. The summed E-state index contributed by atoms with van der Waals surface area (Å²) in [5.74, 6) is 0.537. The van der Waals surface area contributed by atoms with Crippen molar-refractivity contribution < 1.29 is 17.9 Å². The van der Waals surface area contributed by atoms with E-state index in [1.165, 1.54) is 6.26 Å². The maximum absolute atomic E-state index is 12.8. The van der Waals surface area contributed by atoms with Crippen molar-refractivity contribution in [3.63, 3.8) is 0 Å². The lowest BCUT2D eigenvalue weighted by Crippen LogP contribution is -2.40. The van der Waals surface area contributed by atoms with Gasteiger partial charge in [-0.1, -0.05) is 38.1 Å². The summed E-state index contributed by atoms with van der Waals surface area (Å²) in [6.45, 7) is 7.83. The number of benzene rings is 2. The Kier molecular flexibility index (Phi) is 7.24. The number of sulfone groups is 1. The first-order valence-corrected chi connectivity index (χ1v) is 11.4. The number of nitrogens with one attached hydrogen (secondary N) is 1. The van der Waals surface area contributed by atoms with Crippen molar-refractivity contribution in [2.45, 2.75) is 57.6 Å². The van der Waals surface area contributed by atoms with E-state index in [2.05, 4.69) is 5.32 Å². The number of rotatable bonds is 8. The molecule has 0 saturated carbocycles. The van der Waals surface area contributed by atoms with Crippen LogP contribution in [0.3, 0.4) is 0 Å². The molecule has 0 spiro atoms. The molecular formula is C22H29NO4S. The molecule has 0 aliphatic carbocycles. The van der Waals surface area contributed by atoms with Gasteiger partial charge in [0.25, 0.3) is 5.91 Å². The minimum Gasteiger partial charge on any atom is -0.480 e. The third kappa shape index (κ3) is 5.58. The monoisotopic (exact) mass is 403 g/mol. The Hall–Kier alpha value is -2.34. The molecule has 2 aromatic rings. The van der Waals surface area contributed by atoms with Crippen LogP contribution in [0, 0.1) is 13.8 Å². The van der Waals surface area contributed by atoms with Crippen LogP contribution in [0.5, 0.6) is 5.75 Å².